The summed E-state index contributed by atoms with van der Waals surface area (Å²) in [6, 6.07) is 7.80. The van der Waals surface area contributed by atoms with Crippen LogP contribution in [0.25, 0.3) is 5.52 Å². The highest BCUT2D eigenvalue weighted by molar-refractivity contribution is 5.94. The lowest BCUT2D eigenvalue weighted by atomic mass is 10.0. The Balaban J connectivity index is 1.51. The lowest BCUT2D eigenvalue weighted by Crippen LogP contribution is -2.36. The highest BCUT2D eigenvalue weighted by atomic mass is 16.5. The van der Waals surface area contributed by atoms with Gasteiger partial charge in [-0.3, -0.25) is 14.8 Å². The van der Waals surface area contributed by atoms with E-state index in [1.807, 2.05) is 48.6 Å². The van der Waals surface area contributed by atoms with Crippen molar-refractivity contribution in [1.82, 2.24) is 19.3 Å². The van der Waals surface area contributed by atoms with E-state index < -0.39 is 0 Å². The minimum Gasteiger partial charge on any atom is -0.379 e. The van der Waals surface area contributed by atoms with E-state index in [2.05, 4.69) is 20.4 Å². The first-order valence-electron chi connectivity index (χ1n) is 8.91. The molecule has 1 atom stereocenters. The number of aryl methyl sites for hydroxylation is 1. The zero-order chi connectivity index (χ0) is 17.9. The zero-order valence-corrected chi connectivity index (χ0v) is 14.8. The van der Waals surface area contributed by atoms with Gasteiger partial charge in [-0.1, -0.05) is 0 Å². The number of fused-ring (bicyclic) bond motifs is 1. The SMILES string of the molecule is Cc1ccc(C(=O)N2CCOC[C@H](Cc3nccn4cccc34)C2)cn1. The number of pyridine rings is 1. The molecule has 0 unspecified atom stereocenters. The normalized spacial score (nSPS) is 18.0. The van der Waals surface area contributed by atoms with Crippen molar-refractivity contribution in [1.29, 1.82) is 0 Å². The van der Waals surface area contributed by atoms with Gasteiger partial charge in [0.05, 0.1) is 30.0 Å². The number of carbonyl (C=O) groups excluding carboxylic acids is 1. The van der Waals surface area contributed by atoms with Crippen LogP contribution in [-0.4, -0.2) is 51.5 Å². The lowest BCUT2D eigenvalue weighted by molar-refractivity contribution is 0.0737. The molecule has 3 aromatic rings. The van der Waals surface area contributed by atoms with Gasteiger partial charge in [0.2, 0.25) is 0 Å². The van der Waals surface area contributed by atoms with E-state index in [1.165, 1.54) is 0 Å². The molecule has 6 heteroatoms. The van der Waals surface area contributed by atoms with Crippen molar-refractivity contribution >= 4 is 11.4 Å². The fourth-order valence-electron chi connectivity index (χ4n) is 3.43. The van der Waals surface area contributed by atoms with Gasteiger partial charge in [-0.25, -0.2) is 0 Å². The molecule has 4 rings (SSSR count). The Morgan fingerprint density at radius 3 is 3.04 bits per heavy atom. The van der Waals surface area contributed by atoms with Crippen LogP contribution in [0.15, 0.2) is 49.1 Å². The molecular formula is C20H22N4O2. The Hall–Kier alpha value is -2.73. The molecule has 0 aromatic carbocycles. The summed E-state index contributed by atoms with van der Waals surface area (Å²) in [6.45, 7) is 4.38. The fourth-order valence-corrected chi connectivity index (χ4v) is 3.43. The molecule has 0 N–H and O–H groups in total. The van der Waals surface area contributed by atoms with Crippen molar-refractivity contribution < 1.29 is 9.53 Å². The molecule has 0 saturated carbocycles. The minimum absolute atomic E-state index is 0.0156. The summed E-state index contributed by atoms with van der Waals surface area (Å²) in [4.78, 5) is 23.5. The van der Waals surface area contributed by atoms with Crippen LogP contribution >= 0.6 is 0 Å². The molecule has 3 aromatic heterocycles. The van der Waals surface area contributed by atoms with Gasteiger partial charge in [0.15, 0.2) is 0 Å². The molecule has 0 radical (unpaired) electrons. The van der Waals surface area contributed by atoms with E-state index in [-0.39, 0.29) is 11.8 Å². The molecule has 1 saturated heterocycles. The van der Waals surface area contributed by atoms with Crippen LogP contribution in [0.3, 0.4) is 0 Å². The highest BCUT2D eigenvalue weighted by Crippen LogP contribution is 2.18. The number of hydrogen-bond acceptors (Lipinski definition) is 4. The van der Waals surface area contributed by atoms with Crippen LogP contribution in [0.2, 0.25) is 0 Å². The number of carbonyl (C=O) groups is 1. The molecule has 0 aliphatic carbocycles. The largest absolute Gasteiger partial charge is 0.379 e. The lowest BCUT2D eigenvalue weighted by Gasteiger charge is -2.23. The molecule has 1 amide bonds. The number of nitrogens with zero attached hydrogens (tertiary/aromatic N) is 4. The monoisotopic (exact) mass is 350 g/mol. The van der Waals surface area contributed by atoms with Crippen LogP contribution in [-0.2, 0) is 11.2 Å². The highest BCUT2D eigenvalue weighted by Gasteiger charge is 2.24. The van der Waals surface area contributed by atoms with E-state index in [0.29, 0.717) is 31.9 Å². The van der Waals surface area contributed by atoms with Crippen molar-refractivity contribution in [3.63, 3.8) is 0 Å². The Labute approximate surface area is 152 Å². The Morgan fingerprint density at radius 2 is 2.19 bits per heavy atom. The summed E-state index contributed by atoms with van der Waals surface area (Å²) < 4.78 is 7.83. The van der Waals surface area contributed by atoms with Crippen LogP contribution in [0.4, 0.5) is 0 Å². The van der Waals surface area contributed by atoms with Gasteiger partial charge >= 0.3 is 0 Å². The molecule has 0 bridgehead atoms. The third-order valence-corrected chi connectivity index (χ3v) is 4.80. The predicted octanol–water partition coefficient (Wildman–Crippen LogP) is 2.37. The molecule has 0 spiro atoms. The number of ether oxygens (including phenoxy) is 1. The standard InChI is InChI=1S/C20H22N4O2/c1-15-4-5-17(12-22-15)20(25)24-9-10-26-14-16(13-24)11-18-19-3-2-7-23(19)8-6-21-18/h2-8,12,16H,9-11,13-14H2,1H3/t16-/m1/s1. The maximum Gasteiger partial charge on any atom is 0.255 e. The van der Waals surface area contributed by atoms with Gasteiger partial charge in [0.1, 0.15) is 0 Å². The summed E-state index contributed by atoms with van der Waals surface area (Å²) in [5.74, 6) is 0.232. The number of amides is 1. The number of rotatable bonds is 3. The summed E-state index contributed by atoms with van der Waals surface area (Å²) in [7, 11) is 0. The molecule has 134 valence electrons. The van der Waals surface area contributed by atoms with E-state index >= 15 is 0 Å². The molecule has 1 aliphatic heterocycles. The van der Waals surface area contributed by atoms with Crippen LogP contribution in [0.1, 0.15) is 21.7 Å². The van der Waals surface area contributed by atoms with Gasteiger partial charge in [0, 0.05) is 49.5 Å². The average molecular weight is 350 g/mol. The minimum atomic E-state index is 0.0156. The van der Waals surface area contributed by atoms with E-state index in [1.54, 1.807) is 6.20 Å². The van der Waals surface area contributed by atoms with Crippen LogP contribution in [0.5, 0.6) is 0 Å². The van der Waals surface area contributed by atoms with Gasteiger partial charge in [-0.2, -0.15) is 0 Å². The second-order valence-electron chi connectivity index (χ2n) is 6.76. The first-order valence-corrected chi connectivity index (χ1v) is 8.91. The van der Waals surface area contributed by atoms with Gasteiger partial charge in [0.25, 0.3) is 5.91 Å². The Bertz CT molecular complexity index is 904. The number of hydrogen-bond donors (Lipinski definition) is 0. The van der Waals surface area contributed by atoms with Gasteiger partial charge < -0.3 is 14.0 Å². The second kappa shape index (κ2) is 7.25. The summed E-state index contributed by atoms with van der Waals surface area (Å²) in [6.07, 6.45) is 8.22. The van der Waals surface area contributed by atoms with Crippen molar-refractivity contribution in [2.45, 2.75) is 13.3 Å². The summed E-state index contributed by atoms with van der Waals surface area (Å²) >= 11 is 0. The third kappa shape index (κ3) is 3.46. The van der Waals surface area contributed by atoms with Crippen LogP contribution < -0.4 is 0 Å². The molecule has 1 fully saturated rings. The first kappa shape index (κ1) is 16.7. The van der Waals surface area contributed by atoms with Gasteiger partial charge in [-0.15, -0.1) is 0 Å². The fraction of sp³-hybridized carbons (Fsp3) is 0.350. The molecule has 1 aliphatic rings. The van der Waals surface area contributed by atoms with Crippen LogP contribution in [0, 0.1) is 12.8 Å². The summed E-state index contributed by atoms with van der Waals surface area (Å²) in [5.41, 5.74) is 3.68. The van der Waals surface area contributed by atoms with Crippen molar-refractivity contribution in [2.75, 3.05) is 26.3 Å². The number of aromatic nitrogens is 3. The predicted molar refractivity (Wildman–Crippen MR) is 98.1 cm³/mol. The average Bonchev–Trinajstić information content (AvgIpc) is 3.02. The molecule has 26 heavy (non-hydrogen) atoms. The van der Waals surface area contributed by atoms with E-state index in [9.17, 15) is 4.79 Å². The Morgan fingerprint density at radius 1 is 1.27 bits per heavy atom. The van der Waals surface area contributed by atoms with Crippen molar-refractivity contribution in [2.24, 2.45) is 5.92 Å². The van der Waals surface area contributed by atoms with E-state index in [0.717, 1.165) is 23.3 Å². The zero-order valence-electron chi connectivity index (χ0n) is 14.8. The van der Waals surface area contributed by atoms with E-state index in [4.69, 9.17) is 4.74 Å². The smallest absolute Gasteiger partial charge is 0.255 e. The maximum atomic E-state index is 12.8. The quantitative estimate of drug-likeness (QED) is 0.728. The second-order valence-corrected chi connectivity index (χ2v) is 6.76. The maximum absolute atomic E-state index is 12.8. The first-order chi connectivity index (χ1) is 12.7. The Kier molecular flexibility index (Phi) is 4.67. The van der Waals surface area contributed by atoms with Gasteiger partial charge in [-0.05, 0) is 37.6 Å². The summed E-state index contributed by atoms with van der Waals surface area (Å²) in [5, 5.41) is 0. The van der Waals surface area contributed by atoms with Crippen molar-refractivity contribution in [3.8, 4) is 0 Å². The molecule has 6 nitrogen and oxygen atoms in total. The third-order valence-electron chi connectivity index (χ3n) is 4.80. The van der Waals surface area contributed by atoms with Crippen molar-refractivity contribution in [3.05, 3.63) is 66.0 Å². The topological polar surface area (TPSA) is 59.7 Å². The molecule has 4 heterocycles. The molecular weight excluding hydrogens is 328 g/mol.